The van der Waals surface area contributed by atoms with Crippen LogP contribution in [0.15, 0.2) is 6.33 Å². The number of anilines is 2. The largest absolute Gasteiger partial charge is 0.394 e. The van der Waals surface area contributed by atoms with E-state index in [9.17, 15) is 0 Å². The molecule has 0 atom stereocenters. The highest BCUT2D eigenvalue weighted by molar-refractivity contribution is 5.58. The lowest BCUT2D eigenvalue weighted by Gasteiger charge is -2.17. The number of aromatic nitrogens is 2. The van der Waals surface area contributed by atoms with Crippen LogP contribution in [0.1, 0.15) is 45.1 Å². The third-order valence-corrected chi connectivity index (χ3v) is 3.00. The summed E-state index contributed by atoms with van der Waals surface area (Å²) in [5.74, 6) is 2.15. The Kier molecular flexibility index (Phi) is 8.69. The van der Waals surface area contributed by atoms with Crippen LogP contribution in [0.25, 0.3) is 0 Å². The second-order valence-electron chi connectivity index (χ2n) is 5.18. The standard InChI is InChI=1S/C15H28N4O2/c1-4-6-16-14-13(12(2)3)15(19-11-18-14)17-7-5-9-21-10-8-20/h11-12,20H,4-10H2,1-3H3,(H2,16,17,18,19). The minimum Gasteiger partial charge on any atom is -0.394 e. The first kappa shape index (κ1) is 17.7. The van der Waals surface area contributed by atoms with Crippen LogP contribution in [-0.4, -0.2) is 48.0 Å². The van der Waals surface area contributed by atoms with Crippen LogP contribution in [0.2, 0.25) is 0 Å². The lowest BCUT2D eigenvalue weighted by Crippen LogP contribution is -2.13. The van der Waals surface area contributed by atoms with Crippen molar-refractivity contribution in [2.45, 2.75) is 39.5 Å². The molecule has 0 aliphatic rings. The van der Waals surface area contributed by atoms with Crippen LogP contribution < -0.4 is 10.6 Å². The summed E-state index contributed by atoms with van der Waals surface area (Å²) in [5.41, 5.74) is 1.13. The van der Waals surface area contributed by atoms with E-state index in [0.717, 1.165) is 43.1 Å². The second-order valence-corrected chi connectivity index (χ2v) is 5.18. The highest BCUT2D eigenvalue weighted by Crippen LogP contribution is 2.28. The Hall–Kier alpha value is -1.40. The van der Waals surface area contributed by atoms with E-state index < -0.39 is 0 Å². The number of hydrogen-bond acceptors (Lipinski definition) is 6. The van der Waals surface area contributed by atoms with Crippen molar-refractivity contribution in [3.8, 4) is 0 Å². The van der Waals surface area contributed by atoms with Crippen LogP contribution in [0, 0.1) is 0 Å². The van der Waals surface area contributed by atoms with Gasteiger partial charge in [-0.2, -0.15) is 0 Å². The lowest BCUT2D eigenvalue weighted by molar-refractivity contribution is 0.0922. The number of aliphatic hydroxyl groups is 1. The van der Waals surface area contributed by atoms with E-state index in [1.54, 1.807) is 6.33 Å². The van der Waals surface area contributed by atoms with Crippen LogP contribution in [0.3, 0.4) is 0 Å². The monoisotopic (exact) mass is 296 g/mol. The second kappa shape index (κ2) is 10.3. The van der Waals surface area contributed by atoms with Crippen molar-refractivity contribution in [3.63, 3.8) is 0 Å². The van der Waals surface area contributed by atoms with Gasteiger partial charge in [0.25, 0.3) is 0 Å². The van der Waals surface area contributed by atoms with Gasteiger partial charge in [-0.1, -0.05) is 20.8 Å². The van der Waals surface area contributed by atoms with E-state index >= 15 is 0 Å². The van der Waals surface area contributed by atoms with Gasteiger partial charge in [0.1, 0.15) is 18.0 Å². The maximum absolute atomic E-state index is 8.64. The molecule has 0 saturated heterocycles. The molecule has 0 amide bonds. The van der Waals surface area contributed by atoms with E-state index in [4.69, 9.17) is 9.84 Å². The van der Waals surface area contributed by atoms with E-state index in [-0.39, 0.29) is 6.61 Å². The van der Waals surface area contributed by atoms with Crippen molar-refractivity contribution in [1.82, 2.24) is 9.97 Å². The smallest absolute Gasteiger partial charge is 0.134 e. The molecule has 0 saturated carbocycles. The summed E-state index contributed by atoms with van der Waals surface area (Å²) in [6.07, 6.45) is 3.53. The molecule has 0 fully saturated rings. The maximum atomic E-state index is 8.64. The predicted molar refractivity (Wildman–Crippen MR) is 85.9 cm³/mol. The molecular formula is C15H28N4O2. The summed E-state index contributed by atoms with van der Waals surface area (Å²) in [7, 11) is 0. The number of hydrogen-bond donors (Lipinski definition) is 3. The zero-order valence-corrected chi connectivity index (χ0v) is 13.4. The molecule has 6 nitrogen and oxygen atoms in total. The van der Waals surface area contributed by atoms with Crippen molar-refractivity contribution in [2.24, 2.45) is 0 Å². The first-order valence-corrected chi connectivity index (χ1v) is 7.71. The molecule has 1 rings (SSSR count). The molecule has 0 aliphatic carbocycles. The zero-order chi connectivity index (χ0) is 15.5. The molecule has 120 valence electrons. The summed E-state index contributed by atoms with van der Waals surface area (Å²) in [4.78, 5) is 8.71. The summed E-state index contributed by atoms with van der Waals surface area (Å²) in [5, 5.41) is 15.3. The van der Waals surface area contributed by atoms with E-state index in [0.29, 0.717) is 19.1 Å². The fraction of sp³-hybridized carbons (Fsp3) is 0.733. The first-order chi connectivity index (χ1) is 10.2. The van der Waals surface area contributed by atoms with Gasteiger partial charge in [-0.3, -0.25) is 0 Å². The van der Waals surface area contributed by atoms with E-state index in [1.807, 2.05) is 0 Å². The topological polar surface area (TPSA) is 79.3 Å². The minimum absolute atomic E-state index is 0.0727. The molecule has 1 aromatic heterocycles. The Morgan fingerprint density at radius 1 is 1.14 bits per heavy atom. The average Bonchev–Trinajstić information content (AvgIpc) is 2.48. The van der Waals surface area contributed by atoms with Crippen LogP contribution in [-0.2, 0) is 4.74 Å². The van der Waals surface area contributed by atoms with Gasteiger partial charge in [-0.05, 0) is 18.8 Å². The molecule has 1 aromatic rings. The van der Waals surface area contributed by atoms with Crippen molar-refractivity contribution < 1.29 is 9.84 Å². The van der Waals surface area contributed by atoms with Crippen molar-refractivity contribution >= 4 is 11.6 Å². The zero-order valence-electron chi connectivity index (χ0n) is 13.4. The highest BCUT2D eigenvalue weighted by Gasteiger charge is 2.14. The van der Waals surface area contributed by atoms with E-state index in [1.165, 1.54) is 0 Å². The quantitative estimate of drug-likeness (QED) is 0.543. The SMILES string of the molecule is CCCNc1ncnc(NCCCOCCO)c1C(C)C. The summed E-state index contributed by atoms with van der Waals surface area (Å²) < 4.78 is 5.24. The van der Waals surface area contributed by atoms with Crippen LogP contribution in [0.5, 0.6) is 0 Å². The highest BCUT2D eigenvalue weighted by atomic mass is 16.5. The van der Waals surface area contributed by atoms with Gasteiger partial charge in [-0.15, -0.1) is 0 Å². The summed E-state index contributed by atoms with van der Waals surface area (Å²) in [6.45, 7) is 9.22. The molecule has 0 aliphatic heterocycles. The molecule has 0 spiro atoms. The van der Waals surface area contributed by atoms with Gasteiger partial charge in [0.15, 0.2) is 0 Å². The Morgan fingerprint density at radius 2 is 1.81 bits per heavy atom. The number of nitrogens with one attached hydrogen (secondary N) is 2. The predicted octanol–water partition coefficient (Wildman–Crippen LogP) is 2.23. The summed E-state index contributed by atoms with van der Waals surface area (Å²) >= 11 is 0. The van der Waals surface area contributed by atoms with Crippen molar-refractivity contribution in [2.75, 3.05) is 43.5 Å². The molecule has 0 bridgehead atoms. The van der Waals surface area contributed by atoms with Gasteiger partial charge >= 0.3 is 0 Å². The maximum Gasteiger partial charge on any atom is 0.134 e. The molecule has 6 heteroatoms. The Bertz CT molecular complexity index is 399. The number of rotatable bonds is 11. The Balaban J connectivity index is 2.59. The molecule has 21 heavy (non-hydrogen) atoms. The van der Waals surface area contributed by atoms with Crippen LogP contribution in [0.4, 0.5) is 11.6 Å². The van der Waals surface area contributed by atoms with Gasteiger partial charge in [0.05, 0.1) is 13.2 Å². The molecular weight excluding hydrogens is 268 g/mol. The summed E-state index contributed by atoms with van der Waals surface area (Å²) in [6, 6.07) is 0. The van der Waals surface area contributed by atoms with Gasteiger partial charge in [0.2, 0.25) is 0 Å². The number of nitrogens with zero attached hydrogens (tertiary/aromatic N) is 2. The van der Waals surface area contributed by atoms with Crippen molar-refractivity contribution in [1.29, 1.82) is 0 Å². The van der Waals surface area contributed by atoms with Crippen molar-refractivity contribution in [3.05, 3.63) is 11.9 Å². The lowest BCUT2D eigenvalue weighted by atomic mass is 10.0. The molecule has 0 radical (unpaired) electrons. The third kappa shape index (κ3) is 6.27. The molecule has 0 unspecified atom stereocenters. The number of ether oxygens (including phenoxy) is 1. The third-order valence-electron chi connectivity index (χ3n) is 3.00. The Labute approximate surface area is 127 Å². The fourth-order valence-corrected chi connectivity index (χ4v) is 2.02. The first-order valence-electron chi connectivity index (χ1n) is 7.71. The molecule has 0 aromatic carbocycles. The Morgan fingerprint density at radius 3 is 2.38 bits per heavy atom. The molecule has 3 N–H and O–H groups in total. The normalized spacial score (nSPS) is 10.9. The number of aliphatic hydroxyl groups excluding tert-OH is 1. The van der Waals surface area contributed by atoms with Crippen LogP contribution >= 0.6 is 0 Å². The van der Waals surface area contributed by atoms with E-state index in [2.05, 4.69) is 41.4 Å². The molecule has 1 heterocycles. The van der Waals surface area contributed by atoms with Gasteiger partial charge < -0.3 is 20.5 Å². The van der Waals surface area contributed by atoms with Gasteiger partial charge in [0, 0.05) is 25.3 Å². The minimum atomic E-state index is 0.0727. The average molecular weight is 296 g/mol. The van der Waals surface area contributed by atoms with Gasteiger partial charge in [-0.25, -0.2) is 9.97 Å². The fourth-order valence-electron chi connectivity index (χ4n) is 2.02.